The lowest BCUT2D eigenvalue weighted by molar-refractivity contribution is 0.0974. The van der Waals surface area contributed by atoms with Crippen molar-refractivity contribution in [2.24, 2.45) is 0 Å². The summed E-state index contributed by atoms with van der Waals surface area (Å²) in [4.78, 5) is 0. The number of hydrogen-bond acceptors (Lipinski definition) is 2. The van der Waals surface area contributed by atoms with Gasteiger partial charge >= 0.3 is 0 Å². The summed E-state index contributed by atoms with van der Waals surface area (Å²) < 4.78 is 5.65. The third kappa shape index (κ3) is 3.30. The van der Waals surface area contributed by atoms with E-state index in [0.29, 0.717) is 0 Å². The Kier molecular flexibility index (Phi) is 3.99. The Bertz CT molecular complexity index is 350. The maximum Gasteiger partial charge on any atom is 0.159 e. The summed E-state index contributed by atoms with van der Waals surface area (Å²) in [5.41, 5.74) is 0.558. The average molecular weight is 220 g/mol. The van der Waals surface area contributed by atoms with Crippen LogP contribution in [-0.2, 0) is 6.42 Å². The highest BCUT2D eigenvalue weighted by Gasteiger charge is 2.23. The van der Waals surface area contributed by atoms with Gasteiger partial charge in [0.1, 0.15) is 11.5 Å². The molecule has 16 heavy (non-hydrogen) atoms. The molecule has 0 aliphatic carbocycles. The minimum atomic E-state index is -0.744. The van der Waals surface area contributed by atoms with Crippen molar-refractivity contribution in [3.8, 4) is 5.75 Å². The van der Waals surface area contributed by atoms with Crippen molar-refractivity contribution in [2.75, 3.05) is 0 Å². The van der Waals surface area contributed by atoms with Crippen LogP contribution in [0.3, 0.4) is 0 Å². The molecule has 0 aromatic heterocycles. The lowest BCUT2D eigenvalue weighted by atomic mass is 10.1. The van der Waals surface area contributed by atoms with E-state index < -0.39 is 5.60 Å². The van der Waals surface area contributed by atoms with Gasteiger partial charge in [0.15, 0.2) is 5.60 Å². The normalized spacial score (nSPS) is 11.2. The van der Waals surface area contributed by atoms with Crippen LogP contribution in [0.5, 0.6) is 5.75 Å². The minimum absolute atomic E-state index is 0.0325. The summed E-state index contributed by atoms with van der Waals surface area (Å²) in [6.07, 6.45) is 2.22. The van der Waals surface area contributed by atoms with Crippen LogP contribution in [0.15, 0.2) is 36.6 Å². The van der Waals surface area contributed by atoms with Crippen molar-refractivity contribution < 1.29 is 9.84 Å². The smallest absolute Gasteiger partial charge is 0.159 e. The molecule has 0 unspecified atom stereocenters. The number of aryl methyl sites for hydroxylation is 1. The highest BCUT2D eigenvalue weighted by atomic mass is 16.5. The zero-order chi connectivity index (χ0) is 12.2. The standard InChI is InChI=1S/C14H20O2/c1-5-6-12-7-9-13(10-8-12)16-14(3,4)11(2)15/h7-10,15H,2,5-6H2,1,3-4H3. The zero-order valence-electron chi connectivity index (χ0n) is 10.3. The third-order valence-corrected chi connectivity index (χ3v) is 2.53. The summed E-state index contributed by atoms with van der Waals surface area (Å²) in [5.74, 6) is 0.783. The molecule has 0 radical (unpaired) electrons. The summed E-state index contributed by atoms with van der Waals surface area (Å²) >= 11 is 0. The first-order valence-corrected chi connectivity index (χ1v) is 5.62. The van der Waals surface area contributed by atoms with Gasteiger partial charge in [-0.2, -0.15) is 0 Å². The van der Waals surface area contributed by atoms with Crippen molar-refractivity contribution in [2.45, 2.75) is 39.2 Å². The number of ether oxygens (including phenoxy) is 1. The van der Waals surface area contributed by atoms with Gasteiger partial charge in [0.25, 0.3) is 0 Å². The maximum absolute atomic E-state index is 9.36. The molecule has 1 rings (SSSR count). The van der Waals surface area contributed by atoms with E-state index in [-0.39, 0.29) is 5.76 Å². The van der Waals surface area contributed by atoms with E-state index in [4.69, 9.17) is 4.74 Å². The minimum Gasteiger partial charge on any atom is -0.509 e. The molecule has 1 aromatic carbocycles. The van der Waals surface area contributed by atoms with E-state index in [1.54, 1.807) is 13.8 Å². The Morgan fingerprint density at radius 1 is 1.31 bits per heavy atom. The second-order valence-corrected chi connectivity index (χ2v) is 4.45. The molecule has 0 aliphatic heterocycles. The number of benzene rings is 1. The van der Waals surface area contributed by atoms with Crippen LogP contribution in [0.1, 0.15) is 32.8 Å². The highest BCUT2D eigenvalue weighted by molar-refractivity contribution is 5.28. The predicted octanol–water partition coefficient (Wildman–Crippen LogP) is 3.87. The molecule has 2 heteroatoms. The molecule has 0 saturated heterocycles. The number of hydrogen-bond donors (Lipinski definition) is 1. The van der Waals surface area contributed by atoms with Gasteiger partial charge in [0, 0.05) is 0 Å². The molecule has 0 atom stereocenters. The van der Waals surface area contributed by atoms with Crippen LogP contribution >= 0.6 is 0 Å². The molecule has 1 N–H and O–H groups in total. The van der Waals surface area contributed by atoms with E-state index >= 15 is 0 Å². The van der Waals surface area contributed by atoms with Crippen LogP contribution in [0.2, 0.25) is 0 Å². The van der Waals surface area contributed by atoms with Crippen LogP contribution in [-0.4, -0.2) is 10.7 Å². The van der Waals surface area contributed by atoms with E-state index in [2.05, 4.69) is 25.6 Å². The van der Waals surface area contributed by atoms with Gasteiger partial charge in [-0.3, -0.25) is 0 Å². The third-order valence-electron chi connectivity index (χ3n) is 2.53. The number of aliphatic hydroxyl groups excluding tert-OH is 1. The molecule has 0 amide bonds. The topological polar surface area (TPSA) is 29.5 Å². The van der Waals surface area contributed by atoms with Gasteiger partial charge in [-0.15, -0.1) is 0 Å². The largest absolute Gasteiger partial charge is 0.509 e. The van der Waals surface area contributed by atoms with Crippen molar-refractivity contribution >= 4 is 0 Å². The molecule has 0 heterocycles. The number of aliphatic hydroxyl groups is 1. The lowest BCUT2D eigenvalue weighted by Crippen LogP contribution is -2.30. The van der Waals surface area contributed by atoms with Crippen molar-refractivity contribution in [3.05, 3.63) is 42.2 Å². The molecule has 0 bridgehead atoms. The second kappa shape index (κ2) is 5.06. The van der Waals surface area contributed by atoms with E-state index in [1.807, 2.05) is 12.1 Å². The summed E-state index contributed by atoms with van der Waals surface area (Å²) in [6, 6.07) is 7.95. The Hall–Kier alpha value is -1.44. The lowest BCUT2D eigenvalue weighted by Gasteiger charge is -2.25. The molecule has 0 fully saturated rings. The Balaban J connectivity index is 2.72. The monoisotopic (exact) mass is 220 g/mol. The molecule has 0 saturated carbocycles. The fourth-order valence-corrected chi connectivity index (χ4v) is 1.37. The highest BCUT2D eigenvalue weighted by Crippen LogP contribution is 2.22. The Labute approximate surface area is 97.6 Å². The van der Waals surface area contributed by atoms with Gasteiger partial charge < -0.3 is 9.84 Å². The van der Waals surface area contributed by atoms with Gasteiger partial charge in [0.2, 0.25) is 0 Å². The first kappa shape index (κ1) is 12.6. The SMILES string of the molecule is C=C(O)C(C)(C)Oc1ccc(CCC)cc1. The van der Waals surface area contributed by atoms with E-state index in [1.165, 1.54) is 5.56 Å². The van der Waals surface area contributed by atoms with Crippen LogP contribution in [0, 0.1) is 0 Å². The van der Waals surface area contributed by atoms with Crippen LogP contribution < -0.4 is 4.74 Å². The van der Waals surface area contributed by atoms with Crippen molar-refractivity contribution in [3.63, 3.8) is 0 Å². The summed E-state index contributed by atoms with van der Waals surface area (Å²) in [5, 5.41) is 9.36. The predicted molar refractivity (Wildman–Crippen MR) is 66.9 cm³/mol. The van der Waals surface area contributed by atoms with E-state index in [0.717, 1.165) is 18.6 Å². The fraction of sp³-hybridized carbons (Fsp3) is 0.429. The summed E-state index contributed by atoms with van der Waals surface area (Å²) in [7, 11) is 0. The first-order valence-electron chi connectivity index (χ1n) is 5.62. The van der Waals surface area contributed by atoms with Gasteiger partial charge in [-0.25, -0.2) is 0 Å². The fourth-order valence-electron chi connectivity index (χ4n) is 1.37. The number of rotatable bonds is 5. The van der Waals surface area contributed by atoms with Gasteiger partial charge in [0.05, 0.1) is 0 Å². The second-order valence-electron chi connectivity index (χ2n) is 4.45. The maximum atomic E-state index is 9.36. The Morgan fingerprint density at radius 3 is 2.31 bits per heavy atom. The molecule has 2 nitrogen and oxygen atoms in total. The molecule has 0 aliphatic rings. The Morgan fingerprint density at radius 2 is 1.88 bits per heavy atom. The molecular weight excluding hydrogens is 200 g/mol. The van der Waals surface area contributed by atoms with E-state index in [9.17, 15) is 5.11 Å². The molecule has 0 spiro atoms. The van der Waals surface area contributed by atoms with Crippen LogP contribution in [0.25, 0.3) is 0 Å². The zero-order valence-corrected chi connectivity index (χ0v) is 10.3. The molecule has 88 valence electrons. The quantitative estimate of drug-likeness (QED) is 0.763. The van der Waals surface area contributed by atoms with Gasteiger partial charge in [-0.05, 0) is 38.0 Å². The molecular formula is C14H20O2. The molecule has 1 aromatic rings. The average Bonchev–Trinajstić information content (AvgIpc) is 2.21. The van der Waals surface area contributed by atoms with Crippen LogP contribution in [0.4, 0.5) is 0 Å². The van der Waals surface area contributed by atoms with Crippen molar-refractivity contribution in [1.29, 1.82) is 0 Å². The van der Waals surface area contributed by atoms with Gasteiger partial charge in [-0.1, -0.05) is 32.1 Å². The van der Waals surface area contributed by atoms with Crippen molar-refractivity contribution in [1.82, 2.24) is 0 Å². The summed E-state index contributed by atoms with van der Waals surface area (Å²) in [6.45, 7) is 9.23. The first-order chi connectivity index (χ1) is 7.45.